The number of halogens is 3. The van der Waals surface area contributed by atoms with E-state index in [0.29, 0.717) is 5.56 Å². The van der Waals surface area contributed by atoms with Crippen molar-refractivity contribution in [3.63, 3.8) is 0 Å². The van der Waals surface area contributed by atoms with E-state index < -0.39 is 23.7 Å². The van der Waals surface area contributed by atoms with Gasteiger partial charge in [0, 0.05) is 17.4 Å². The third-order valence-electron chi connectivity index (χ3n) is 3.94. The van der Waals surface area contributed by atoms with Crippen molar-refractivity contribution in [1.29, 1.82) is 0 Å². The van der Waals surface area contributed by atoms with Gasteiger partial charge in [0.2, 0.25) is 5.91 Å². The fourth-order valence-electron chi connectivity index (χ4n) is 2.51. The summed E-state index contributed by atoms with van der Waals surface area (Å²) in [5, 5.41) is 20.2. The Kier molecular flexibility index (Phi) is 5.66. The summed E-state index contributed by atoms with van der Waals surface area (Å²) in [5.74, 6) is -2.09. The third-order valence-corrected chi connectivity index (χ3v) is 4.57. The van der Waals surface area contributed by atoms with Crippen LogP contribution in [0.4, 0.5) is 10.2 Å². The molecule has 1 atom stereocenters. The van der Waals surface area contributed by atoms with Crippen molar-refractivity contribution in [2.45, 2.75) is 19.5 Å². The lowest BCUT2D eigenvalue weighted by Crippen LogP contribution is -2.27. The molecule has 3 aromatic rings. The zero-order chi connectivity index (χ0) is 20.4. The van der Waals surface area contributed by atoms with Crippen LogP contribution in [0.2, 0.25) is 10.0 Å². The van der Waals surface area contributed by atoms with Gasteiger partial charge in [-0.1, -0.05) is 29.3 Å². The van der Waals surface area contributed by atoms with Gasteiger partial charge in [-0.3, -0.25) is 9.48 Å². The van der Waals surface area contributed by atoms with E-state index in [1.807, 2.05) is 0 Å². The zero-order valence-corrected chi connectivity index (χ0v) is 15.9. The molecule has 0 spiro atoms. The second kappa shape index (κ2) is 7.99. The molecule has 0 saturated heterocycles. The van der Waals surface area contributed by atoms with Gasteiger partial charge in [-0.15, -0.1) is 0 Å². The predicted molar refractivity (Wildman–Crippen MR) is 100 cm³/mol. The number of aromatic nitrogens is 4. The van der Waals surface area contributed by atoms with Gasteiger partial charge in [-0.25, -0.2) is 13.9 Å². The van der Waals surface area contributed by atoms with Crippen LogP contribution in [0.5, 0.6) is 0 Å². The molecular weight excluding hydrogens is 412 g/mol. The van der Waals surface area contributed by atoms with E-state index >= 15 is 0 Å². The molecule has 0 aliphatic carbocycles. The first-order valence-corrected chi connectivity index (χ1v) is 8.76. The number of rotatable bonds is 6. The summed E-state index contributed by atoms with van der Waals surface area (Å²) in [6.45, 7) is 1.71. The molecule has 0 saturated carbocycles. The summed E-state index contributed by atoms with van der Waals surface area (Å²) < 4.78 is 15.7. The maximum atomic E-state index is 13.1. The van der Waals surface area contributed by atoms with Crippen LogP contribution in [0.25, 0.3) is 0 Å². The molecule has 3 rings (SSSR count). The van der Waals surface area contributed by atoms with E-state index in [1.54, 1.807) is 0 Å². The standard InChI is InChI=1S/C17H14Cl2FN5O3/c1-9(25-14(17(27)28)4-5-21-25)16(26)22-15-13(19)8-24(23-15)7-10-2-3-11(20)6-12(10)18/h2-6,8-9H,7H2,1H3,(H,27,28)(H,22,23,26). The first-order chi connectivity index (χ1) is 13.3. The molecule has 0 aliphatic heterocycles. The van der Waals surface area contributed by atoms with Crippen molar-refractivity contribution in [1.82, 2.24) is 19.6 Å². The van der Waals surface area contributed by atoms with Crippen LogP contribution in [0.1, 0.15) is 29.0 Å². The minimum Gasteiger partial charge on any atom is -0.477 e. The highest BCUT2D eigenvalue weighted by atomic mass is 35.5. The van der Waals surface area contributed by atoms with Crippen LogP contribution >= 0.6 is 23.2 Å². The summed E-state index contributed by atoms with van der Waals surface area (Å²) >= 11 is 12.1. The largest absolute Gasteiger partial charge is 0.477 e. The number of aromatic carboxylic acids is 1. The molecule has 2 aromatic heterocycles. The first kappa shape index (κ1) is 19.8. The van der Waals surface area contributed by atoms with Gasteiger partial charge in [-0.2, -0.15) is 10.2 Å². The minimum absolute atomic E-state index is 0.0979. The van der Waals surface area contributed by atoms with Crippen LogP contribution in [0, 0.1) is 5.82 Å². The summed E-state index contributed by atoms with van der Waals surface area (Å²) in [5.41, 5.74) is 0.501. The number of amides is 1. The van der Waals surface area contributed by atoms with Crippen molar-refractivity contribution in [3.05, 3.63) is 63.8 Å². The molecule has 0 aliphatic rings. The van der Waals surface area contributed by atoms with E-state index in [9.17, 15) is 14.0 Å². The molecule has 11 heteroatoms. The van der Waals surface area contributed by atoms with Crippen molar-refractivity contribution < 1.29 is 19.1 Å². The number of carbonyl (C=O) groups excluding carboxylic acids is 1. The Morgan fingerprint density at radius 3 is 2.71 bits per heavy atom. The average molecular weight is 426 g/mol. The number of carbonyl (C=O) groups is 2. The summed E-state index contributed by atoms with van der Waals surface area (Å²) in [6, 6.07) is 4.38. The second-order valence-electron chi connectivity index (χ2n) is 5.89. The number of carboxylic acids is 1. The Balaban J connectivity index is 1.75. The van der Waals surface area contributed by atoms with Gasteiger partial charge in [-0.05, 0) is 30.7 Å². The van der Waals surface area contributed by atoms with E-state index in [4.69, 9.17) is 28.3 Å². The lowest BCUT2D eigenvalue weighted by molar-refractivity contribution is -0.119. The van der Waals surface area contributed by atoms with Gasteiger partial charge in [0.25, 0.3) is 0 Å². The van der Waals surface area contributed by atoms with Crippen LogP contribution < -0.4 is 5.32 Å². The van der Waals surface area contributed by atoms with E-state index in [2.05, 4.69) is 15.5 Å². The fraction of sp³-hybridized carbons (Fsp3) is 0.176. The minimum atomic E-state index is -1.20. The van der Waals surface area contributed by atoms with Gasteiger partial charge < -0.3 is 10.4 Å². The molecule has 1 unspecified atom stereocenters. The van der Waals surface area contributed by atoms with Crippen molar-refractivity contribution in [2.24, 2.45) is 0 Å². The van der Waals surface area contributed by atoms with E-state index in [0.717, 1.165) is 4.68 Å². The van der Waals surface area contributed by atoms with Crippen molar-refractivity contribution >= 4 is 40.9 Å². The summed E-state index contributed by atoms with van der Waals surface area (Å²) in [6.07, 6.45) is 2.78. The molecule has 8 nitrogen and oxygen atoms in total. The molecule has 0 radical (unpaired) electrons. The van der Waals surface area contributed by atoms with Crippen LogP contribution in [0.3, 0.4) is 0 Å². The normalized spacial score (nSPS) is 12.0. The molecule has 1 amide bonds. The van der Waals surface area contributed by atoms with Crippen molar-refractivity contribution in [2.75, 3.05) is 5.32 Å². The van der Waals surface area contributed by atoms with Gasteiger partial charge >= 0.3 is 5.97 Å². The highest BCUT2D eigenvalue weighted by molar-refractivity contribution is 6.33. The van der Waals surface area contributed by atoms with E-state index in [1.165, 1.54) is 48.3 Å². The Morgan fingerprint density at radius 2 is 2.04 bits per heavy atom. The lowest BCUT2D eigenvalue weighted by Gasteiger charge is -2.13. The smallest absolute Gasteiger partial charge is 0.354 e. The maximum Gasteiger partial charge on any atom is 0.354 e. The molecule has 1 aromatic carbocycles. The number of anilines is 1. The second-order valence-corrected chi connectivity index (χ2v) is 6.70. The predicted octanol–water partition coefficient (Wildman–Crippen LogP) is 3.47. The Morgan fingerprint density at radius 1 is 1.29 bits per heavy atom. The number of nitrogens with zero attached hydrogens (tertiary/aromatic N) is 4. The molecule has 2 heterocycles. The highest BCUT2D eigenvalue weighted by Crippen LogP contribution is 2.23. The van der Waals surface area contributed by atoms with Gasteiger partial charge in [0.15, 0.2) is 5.82 Å². The monoisotopic (exact) mass is 425 g/mol. The molecule has 0 fully saturated rings. The Hall–Kier alpha value is -2.91. The molecule has 2 N–H and O–H groups in total. The highest BCUT2D eigenvalue weighted by Gasteiger charge is 2.23. The molecule has 0 bridgehead atoms. The number of hydrogen-bond acceptors (Lipinski definition) is 4. The quantitative estimate of drug-likeness (QED) is 0.629. The van der Waals surface area contributed by atoms with Gasteiger partial charge in [0.05, 0.1) is 6.54 Å². The fourth-order valence-corrected chi connectivity index (χ4v) is 2.94. The number of hydrogen-bond donors (Lipinski definition) is 2. The van der Waals surface area contributed by atoms with Crippen LogP contribution in [-0.2, 0) is 11.3 Å². The van der Waals surface area contributed by atoms with Crippen molar-refractivity contribution in [3.8, 4) is 0 Å². The average Bonchev–Trinajstić information content (AvgIpc) is 3.24. The van der Waals surface area contributed by atoms with Crippen LogP contribution in [0.15, 0.2) is 36.7 Å². The van der Waals surface area contributed by atoms with Gasteiger partial charge in [0.1, 0.15) is 22.6 Å². The third kappa shape index (κ3) is 4.15. The lowest BCUT2D eigenvalue weighted by atomic mass is 10.2. The number of carboxylic acid groups (broad SMARTS) is 1. The van der Waals surface area contributed by atoms with E-state index in [-0.39, 0.29) is 28.1 Å². The molecule has 146 valence electrons. The summed E-state index contributed by atoms with van der Waals surface area (Å²) in [7, 11) is 0. The maximum absolute atomic E-state index is 13.1. The Labute approximate surface area is 168 Å². The molecule has 28 heavy (non-hydrogen) atoms. The topological polar surface area (TPSA) is 102 Å². The first-order valence-electron chi connectivity index (χ1n) is 8.01. The number of nitrogens with one attached hydrogen (secondary N) is 1. The zero-order valence-electron chi connectivity index (χ0n) is 14.4. The SMILES string of the molecule is CC(C(=O)Nc1nn(Cc2ccc(F)cc2Cl)cc1Cl)n1nccc1C(=O)O. The molecular formula is C17H14Cl2FN5O3. The Bertz CT molecular complexity index is 1050. The van der Waals surface area contributed by atoms with Crippen LogP contribution in [-0.4, -0.2) is 36.5 Å². The summed E-state index contributed by atoms with van der Waals surface area (Å²) in [4.78, 5) is 23.6. The number of benzene rings is 1.